The fourth-order valence-electron chi connectivity index (χ4n) is 3.71. The first-order valence-corrected chi connectivity index (χ1v) is 14.6. The maximum absolute atomic E-state index is 13.6. The minimum absolute atomic E-state index is 0.0372. The van der Waals surface area contributed by atoms with Crippen molar-refractivity contribution in [2.24, 2.45) is 5.10 Å². The van der Waals surface area contributed by atoms with E-state index in [1.54, 1.807) is 54.6 Å². The number of hydrogen-bond acceptors (Lipinski definition) is 6. The molecule has 4 rings (SSSR count). The van der Waals surface area contributed by atoms with Crippen molar-refractivity contribution < 1.29 is 22.4 Å². The fourth-order valence-corrected chi connectivity index (χ4v) is 5.56. The van der Waals surface area contributed by atoms with E-state index in [-0.39, 0.29) is 30.3 Å². The Hall–Kier alpha value is -3.96. The second-order valence-electron chi connectivity index (χ2n) is 8.99. The maximum atomic E-state index is 13.6. The Bertz CT molecular complexity index is 1660. The lowest BCUT2D eigenvalue weighted by molar-refractivity contribution is -0.139. The molecule has 0 spiro atoms. The standard InChI is InChI=1S/C29H26Cl2N4O5S/c1-20-7-13-26(14-8-20)41(38,39)35(18-22-9-10-23(30)15-27(22)31)19-25-12-11-24(40-25)17-33-34-29(37)28(36)32-16-21-5-3-2-4-6-21/h2-15,17H,16,18-19H2,1H3,(H,32,36)(H,34,37)/b33-17+. The van der Waals surface area contributed by atoms with Crippen molar-refractivity contribution in [3.8, 4) is 0 Å². The third-order valence-corrected chi connectivity index (χ3v) is 8.29. The van der Waals surface area contributed by atoms with Crippen LogP contribution < -0.4 is 10.7 Å². The number of benzene rings is 3. The molecule has 41 heavy (non-hydrogen) atoms. The number of furan rings is 1. The van der Waals surface area contributed by atoms with E-state index in [1.165, 1.54) is 10.5 Å². The van der Waals surface area contributed by atoms with Crippen LogP contribution in [0.2, 0.25) is 10.0 Å². The summed E-state index contributed by atoms with van der Waals surface area (Å²) >= 11 is 12.4. The molecule has 0 radical (unpaired) electrons. The highest BCUT2D eigenvalue weighted by atomic mass is 35.5. The summed E-state index contributed by atoms with van der Waals surface area (Å²) < 4.78 is 34.2. The molecule has 0 aliphatic rings. The molecule has 0 bridgehead atoms. The second-order valence-corrected chi connectivity index (χ2v) is 11.8. The van der Waals surface area contributed by atoms with Crippen LogP contribution in [-0.4, -0.2) is 30.8 Å². The highest BCUT2D eigenvalue weighted by molar-refractivity contribution is 7.89. The molecular weight excluding hydrogens is 587 g/mol. The Kier molecular flexibility index (Phi) is 9.95. The van der Waals surface area contributed by atoms with Crippen molar-refractivity contribution in [1.82, 2.24) is 15.0 Å². The van der Waals surface area contributed by atoms with Gasteiger partial charge in [-0.2, -0.15) is 9.41 Å². The molecule has 0 saturated heterocycles. The van der Waals surface area contributed by atoms with Gasteiger partial charge in [-0.1, -0.05) is 77.3 Å². The number of nitrogens with one attached hydrogen (secondary N) is 2. The lowest BCUT2D eigenvalue weighted by Gasteiger charge is -2.22. The van der Waals surface area contributed by atoms with Gasteiger partial charge in [-0.3, -0.25) is 9.59 Å². The first-order chi connectivity index (χ1) is 19.6. The van der Waals surface area contributed by atoms with E-state index < -0.39 is 21.8 Å². The van der Waals surface area contributed by atoms with Crippen molar-refractivity contribution in [1.29, 1.82) is 0 Å². The zero-order chi connectivity index (χ0) is 29.4. The van der Waals surface area contributed by atoms with E-state index >= 15 is 0 Å². The van der Waals surface area contributed by atoms with E-state index in [0.29, 0.717) is 21.4 Å². The first kappa shape index (κ1) is 30.0. The number of hydrazone groups is 1. The van der Waals surface area contributed by atoms with Crippen molar-refractivity contribution in [2.45, 2.75) is 31.5 Å². The summed E-state index contributed by atoms with van der Waals surface area (Å²) in [7, 11) is -3.95. The zero-order valence-electron chi connectivity index (χ0n) is 21.9. The van der Waals surface area contributed by atoms with Gasteiger partial charge in [-0.25, -0.2) is 13.8 Å². The molecule has 3 aromatic carbocycles. The average molecular weight is 614 g/mol. The van der Waals surface area contributed by atoms with Crippen LogP contribution in [0.25, 0.3) is 0 Å². The molecule has 12 heteroatoms. The minimum atomic E-state index is -3.95. The number of nitrogens with zero attached hydrogens (tertiary/aromatic N) is 2. The number of sulfonamides is 1. The topological polar surface area (TPSA) is 121 Å². The summed E-state index contributed by atoms with van der Waals surface area (Å²) in [5.41, 5.74) is 4.47. The molecule has 4 aromatic rings. The summed E-state index contributed by atoms with van der Waals surface area (Å²) in [6.07, 6.45) is 1.21. The van der Waals surface area contributed by atoms with E-state index in [1.807, 2.05) is 37.3 Å². The van der Waals surface area contributed by atoms with Gasteiger partial charge in [-0.05, 0) is 54.4 Å². The van der Waals surface area contributed by atoms with Crippen molar-refractivity contribution in [2.75, 3.05) is 0 Å². The summed E-state index contributed by atoms with van der Waals surface area (Å²) in [4.78, 5) is 24.2. The minimum Gasteiger partial charge on any atom is -0.459 e. The Labute approximate surface area is 247 Å². The van der Waals surface area contributed by atoms with Crippen LogP contribution in [0.1, 0.15) is 28.2 Å². The van der Waals surface area contributed by atoms with Crippen molar-refractivity contribution in [3.05, 3.63) is 123 Å². The Balaban J connectivity index is 1.44. The number of carbonyl (C=O) groups is 2. The van der Waals surface area contributed by atoms with E-state index in [2.05, 4.69) is 15.8 Å². The summed E-state index contributed by atoms with van der Waals surface area (Å²) in [6, 6.07) is 23.7. The highest BCUT2D eigenvalue weighted by Crippen LogP contribution is 2.27. The van der Waals surface area contributed by atoms with Gasteiger partial charge in [-0.15, -0.1) is 0 Å². The molecule has 0 saturated carbocycles. The van der Waals surface area contributed by atoms with Crippen LogP contribution in [0.4, 0.5) is 0 Å². The Morgan fingerprint density at radius 2 is 1.66 bits per heavy atom. The number of hydrogen-bond donors (Lipinski definition) is 2. The number of rotatable bonds is 10. The smallest absolute Gasteiger partial charge is 0.329 e. The number of amides is 2. The van der Waals surface area contributed by atoms with Crippen LogP contribution in [0.15, 0.2) is 99.3 Å². The van der Waals surface area contributed by atoms with Gasteiger partial charge < -0.3 is 9.73 Å². The van der Waals surface area contributed by atoms with Crippen molar-refractivity contribution in [3.63, 3.8) is 0 Å². The van der Waals surface area contributed by atoms with Crippen molar-refractivity contribution >= 4 is 51.3 Å². The molecule has 2 amide bonds. The molecule has 2 N–H and O–H groups in total. The molecule has 0 unspecified atom stereocenters. The van der Waals surface area contributed by atoms with E-state index in [4.69, 9.17) is 27.6 Å². The molecule has 212 valence electrons. The quantitative estimate of drug-likeness (QED) is 0.147. The highest BCUT2D eigenvalue weighted by Gasteiger charge is 2.27. The third-order valence-electron chi connectivity index (χ3n) is 5.90. The molecule has 9 nitrogen and oxygen atoms in total. The van der Waals surface area contributed by atoms with E-state index in [9.17, 15) is 18.0 Å². The lowest BCUT2D eigenvalue weighted by atomic mass is 10.2. The second kappa shape index (κ2) is 13.6. The maximum Gasteiger partial charge on any atom is 0.329 e. The first-order valence-electron chi connectivity index (χ1n) is 12.4. The molecule has 0 aliphatic carbocycles. The molecule has 1 aromatic heterocycles. The van der Waals surface area contributed by atoms with Gasteiger partial charge >= 0.3 is 11.8 Å². The molecule has 0 aliphatic heterocycles. The molecule has 0 fully saturated rings. The van der Waals surface area contributed by atoms with Gasteiger partial charge in [0.25, 0.3) is 0 Å². The van der Waals surface area contributed by atoms with Crippen LogP contribution in [0.5, 0.6) is 0 Å². The predicted octanol–water partition coefficient (Wildman–Crippen LogP) is 5.05. The fraction of sp³-hybridized carbons (Fsp3) is 0.138. The number of aryl methyl sites for hydroxylation is 1. The largest absolute Gasteiger partial charge is 0.459 e. The summed E-state index contributed by atoms with van der Waals surface area (Å²) in [5.74, 6) is -1.23. The molecular formula is C29H26Cl2N4O5S. The van der Waals surface area contributed by atoms with Crippen LogP contribution in [0.3, 0.4) is 0 Å². The normalized spacial score (nSPS) is 11.6. The number of halogens is 2. The summed E-state index contributed by atoms with van der Waals surface area (Å²) in [6.45, 7) is 1.91. The van der Waals surface area contributed by atoms with Gasteiger partial charge in [0.1, 0.15) is 11.5 Å². The number of carbonyl (C=O) groups excluding carboxylic acids is 2. The van der Waals surface area contributed by atoms with Gasteiger partial charge in [0.15, 0.2) is 0 Å². The predicted molar refractivity (Wildman–Crippen MR) is 157 cm³/mol. The SMILES string of the molecule is Cc1ccc(S(=O)(=O)N(Cc2ccc(/C=N/NC(=O)C(=O)NCc3ccccc3)o2)Cc2ccc(Cl)cc2Cl)cc1. The Morgan fingerprint density at radius 3 is 2.37 bits per heavy atom. The van der Waals surface area contributed by atoms with Crippen LogP contribution >= 0.6 is 23.2 Å². The van der Waals surface area contributed by atoms with Crippen LogP contribution in [-0.2, 0) is 39.2 Å². The van der Waals surface area contributed by atoms with Crippen LogP contribution in [0, 0.1) is 6.92 Å². The Morgan fingerprint density at radius 1 is 0.927 bits per heavy atom. The monoisotopic (exact) mass is 612 g/mol. The van der Waals surface area contributed by atoms with E-state index in [0.717, 1.165) is 11.1 Å². The molecule has 0 atom stereocenters. The molecule has 1 heterocycles. The third kappa shape index (κ3) is 8.27. The zero-order valence-corrected chi connectivity index (χ0v) is 24.2. The van der Waals surface area contributed by atoms with Gasteiger partial charge in [0.05, 0.1) is 17.7 Å². The summed E-state index contributed by atoms with van der Waals surface area (Å²) in [5, 5.41) is 7.03. The average Bonchev–Trinajstić information content (AvgIpc) is 3.40. The lowest BCUT2D eigenvalue weighted by Crippen LogP contribution is -2.37. The van der Waals surface area contributed by atoms with Gasteiger partial charge in [0, 0.05) is 23.1 Å². The van der Waals surface area contributed by atoms with Gasteiger partial charge in [0.2, 0.25) is 10.0 Å².